The number of nitrogens with one attached hydrogen (secondary N) is 1. The third-order valence-electron chi connectivity index (χ3n) is 2.52. The van der Waals surface area contributed by atoms with E-state index in [1.807, 2.05) is 38.1 Å². The summed E-state index contributed by atoms with van der Waals surface area (Å²) in [5.74, 6) is -0.217. The Balaban J connectivity index is 2.39. The van der Waals surface area contributed by atoms with Gasteiger partial charge in [0.25, 0.3) is 0 Å². The van der Waals surface area contributed by atoms with Crippen molar-refractivity contribution in [3.63, 3.8) is 0 Å². The van der Waals surface area contributed by atoms with E-state index in [9.17, 15) is 9.59 Å². The lowest BCUT2D eigenvalue weighted by Gasteiger charge is -2.11. The first kappa shape index (κ1) is 16.0. The molecule has 2 N–H and O–H groups in total. The summed E-state index contributed by atoms with van der Waals surface area (Å²) in [7, 11) is 0. The van der Waals surface area contributed by atoms with Gasteiger partial charge in [-0.15, -0.1) is 0 Å². The summed E-state index contributed by atoms with van der Waals surface area (Å²) in [5, 5.41) is 11.2. The Morgan fingerprint density at radius 1 is 1.35 bits per heavy atom. The van der Waals surface area contributed by atoms with Crippen LogP contribution in [0.4, 0.5) is 0 Å². The highest BCUT2D eigenvalue weighted by Gasteiger charge is 2.05. The van der Waals surface area contributed by atoms with Crippen molar-refractivity contribution in [3.05, 3.63) is 29.8 Å². The van der Waals surface area contributed by atoms with Gasteiger partial charge in [0.05, 0.1) is 12.5 Å². The van der Waals surface area contributed by atoms with Gasteiger partial charge in [0.15, 0.2) is 0 Å². The molecule has 0 fully saturated rings. The second-order valence-electron chi connectivity index (χ2n) is 4.84. The van der Waals surface area contributed by atoms with E-state index in [1.54, 1.807) is 0 Å². The third kappa shape index (κ3) is 6.78. The highest BCUT2D eigenvalue weighted by atomic mass is 16.5. The summed E-state index contributed by atoms with van der Waals surface area (Å²) in [4.78, 5) is 22.0. The van der Waals surface area contributed by atoms with Gasteiger partial charge in [-0.2, -0.15) is 0 Å². The molecular formula is C15H21NO4. The Kier molecular flexibility index (Phi) is 6.56. The van der Waals surface area contributed by atoms with Crippen LogP contribution < -0.4 is 10.1 Å². The van der Waals surface area contributed by atoms with E-state index in [1.165, 1.54) is 0 Å². The highest BCUT2D eigenvalue weighted by Crippen LogP contribution is 2.15. The zero-order valence-corrected chi connectivity index (χ0v) is 11.9. The molecule has 1 amide bonds. The lowest BCUT2D eigenvalue weighted by Crippen LogP contribution is -2.26. The van der Waals surface area contributed by atoms with Crippen molar-refractivity contribution in [3.8, 4) is 5.75 Å². The first-order chi connectivity index (χ1) is 9.47. The summed E-state index contributed by atoms with van der Waals surface area (Å²) in [6, 6.07) is 7.42. The molecule has 0 heterocycles. The van der Waals surface area contributed by atoms with E-state index in [-0.39, 0.29) is 24.9 Å². The number of benzene rings is 1. The largest absolute Gasteiger partial charge is 0.491 e. The van der Waals surface area contributed by atoms with Crippen molar-refractivity contribution in [2.75, 3.05) is 6.54 Å². The monoisotopic (exact) mass is 279 g/mol. The average molecular weight is 279 g/mol. The van der Waals surface area contributed by atoms with Gasteiger partial charge >= 0.3 is 5.97 Å². The number of amides is 1. The first-order valence-electron chi connectivity index (χ1n) is 6.71. The minimum Gasteiger partial charge on any atom is -0.491 e. The quantitative estimate of drug-likeness (QED) is 0.714. The normalized spacial score (nSPS) is 10.3. The Bertz CT molecular complexity index is 457. The standard InChI is InChI=1S/C15H21NO4/c1-11(2)20-13-6-3-5-12(9-13)10-14(17)16-8-4-7-15(18)19/h3,5-6,9,11H,4,7-8,10H2,1-2H3,(H,16,17)(H,18,19). The minimum absolute atomic E-state index is 0.0675. The third-order valence-corrected chi connectivity index (χ3v) is 2.52. The van der Waals surface area contributed by atoms with Crippen molar-refractivity contribution in [2.24, 2.45) is 0 Å². The van der Waals surface area contributed by atoms with Crippen molar-refractivity contribution >= 4 is 11.9 Å². The van der Waals surface area contributed by atoms with Crippen LogP contribution in [0.15, 0.2) is 24.3 Å². The Labute approximate surface area is 118 Å². The molecule has 0 bridgehead atoms. The molecule has 0 aromatic heterocycles. The van der Waals surface area contributed by atoms with Crippen molar-refractivity contribution in [1.82, 2.24) is 5.32 Å². The molecule has 0 atom stereocenters. The number of hydrogen-bond acceptors (Lipinski definition) is 3. The molecule has 1 rings (SSSR count). The summed E-state index contributed by atoms with van der Waals surface area (Å²) < 4.78 is 5.56. The molecule has 0 spiro atoms. The topological polar surface area (TPSA) is 75.6 Å². The zero-order chi connectivity index (χ0) is 15.0. The fourth-order valence-corrected chi connectivity index (χ4v) is 1.72. The van der Waals surface area contributed by atoms with Crippen LogP contribution in [0.25, 0.3) is 0 Å². The van der Waals surface area contributed by atoms with Crippen LogP contribution in [0.2, 0.25) is 0 Å². The second kappa shape index (κ2) is 8.19. The Morgan fingerprint density at radius 3 is 2.75 bits per heavy atom. The summed E-state index contributed by atoms with van der Waals surface area (Å²) in [6.45, 7) is 4.27. The molecule has 0 radical (unpaired) electrons. The predicted octanol–water partition coefficient (Wildman–Crippen LogP) is 2.00. The van der Waals surface area contributed by atoms with Gasteiger partial charge in [0.2, 0.25) is 5.91 Å². The number of carbonyl (C=O) groups is 2. The van der Waals surface area contributed by atoms with Gasteiger partial charge in [-0.25, -0.2) is 0 Å². The lowest BCUT2D eigenvalue weighted by molar-refractivity contribution is -0.137. The molecule has 110 valence electrons. The van der Waals surface area contributed by atoms with Crippen LogP contribution in [0, 0.1) is 0 Å². The van der Waals surface area contributed by atoms with E-state index in [4.69, 9.17) is 9.84 Å². The molecule has 0 saturated heterocycles. The molecule has 5 nitrogen and oxygen atoms in total. The van der Waals surface area contributed by atoms with Crippen LogP contribution in [0.5, 0.6) is 5.75 Å². The average Bonchev–Trinajstić information content (AvgIpc) is 2.34. The van der Waals surface area contributed by atoms with Gasteiger partial charge in [0, 0.05) is 13.0 Å². The Hall–Kier alpha value is -2.04. The maximum atomic E-state index is 11.7. The number of aliphatic carboxylic acids is 1. The maximum Gasteiger partial charge on any atom is 0.303 e. The van der Waals surface area contributed by atoms with E-state index < -0.39 is 5.97 Å². The molecule has 0 aliphatic carbocycles. The predicted molar refractivity (Wildman–Crippen MR) is 75.8 cm³/mol. The van der Waals surface area contributed by atoms with Gasteiger partial charge in [-0.05, 0) is 38.0 Å². The fraction of sp³-hybridized carbons (Fsp3) is 0.467. The molecule has 20 heavy (non-hydrogen) atoms. The molecule has 1 aromatic rings. The molecule has 0 aliphatic heterocycles. The molecule has 0 saturated carbocycles. The lowest BCUT2D eigenvalue weighted by atomic mass is 10.1. The molecule has 1 aromatic carbocycles. The summed E-state index contributed by atoms with van der Waals surface area (Å²) in [6.07, 6.45) is 0.868. The van der Waals surface area contributed by atoms with Crippen LogP contribution >= 0.6 is 0 Å². The maximum absolute atomic E-state index is 11.7. The number of carboxylic acids is 1. The number of ether oxygens (including phenoxy) is 1. The summed E-state index contributed by atoms with van der Waals surface area (Å²) >= 11 is 0. The number of carbonyl (C=O) groups excluding carboxylic acids is 1. The number of hydrogen-bond donors (Lipinski definition) is 2. The van der Waals surface area contributed by atoms with Gasteiger partial charge in [0.1, 0.15) is 5.75 Å². The van der Waals surface area contributed by atoms with E-state index >= 15 is 0 Å². The van der Waals surface area contributed by atoms with Crippen molar-refractivity contribution in [1.29, 1.82) is 0 Å². The zero-order valence-electron chi connectivity index (χ0n) is 11.9. The summed E-state index contributed by atoms with van der Waals surface area (Å²) in [5.41, 5.74) is 0.874. The van der Waals surface area contributed by atoms with Crippen molar-refractivity contribution < 1.29 is 19.4 Å². The van der Waals surface area contributed by atoms with E-state index in [2.05, 4.69) is 5.32 Å². The fourth-order valence-electron chi connectivity index (χ4n) is 1.72. The molecular weight excluding hydrogens is 258 g/mol. The number of rotatable bonds is 8. The first-order valence-corrected chi connectivity index (χ1v) is 6.71. The van der Waals surface area contributed by atoms with Crippen LogP contribution in [0.1, 0.15) is 32.3 Å². The van der Waals surface area contributed by atoms with Crippen LogP contribution in [-0.2, 0) is 16.0 Å². The smallest absolute Gasteiger partial charge is 0.303 e. The molecule has 0 unspecified atom stereocenters. The van der Waals surface area contributed by atoms with Gasteiger partial charge in [-0.3, -0.25) is 9.59 Å². The number of carboxylic acid groups (broad SMARTS) is 1. The Morgan fingerprint density at radius 2 is 2.10 bits per heavy atom. The molecule has 0 aliphatic rings. The van der Waals surface area contributed by atoms with Gasteiger partial charge < -0.3 is 15.2 Å². The van der Waals surface area contributed by atoms with Crippen LogP contribution in [0.3, 0.4) is 0 Å². The van der Waals surface area contributed by atoms with Gasteiger partial charge in [-0.1, -0.05) is 12.1 Å². The highest BCUT2D eigenvalue weighted by molar-refractivity contribution is 5.78. The van der Waals surface area contributed by atoms with E-state index in [0.717, 1.165) is 11.3 Å². The van der Waals surface area contributed by atoms with Crippen molar-refractivity contribution in [2.45, 2.75) is 39.2 Å². The van der Waals surface area contributed by atoms with Crippen LogP contribution in [-0.4, -0.2) is 29.6 Å². The molecule has 5 heteroatoms. The SMILES string of the molecule is CC(C)Oc1cccc(CC(=O)NCCCC(=O)O)c1. The van der Waals surface area contributed by atoms with E-state index in [0.29, 0.717) is 13.0 Å². The second-order valence-corrected chi connectivity index (χ2v) is 4.84. The minimum atomic E-state index is -0.849.